The Kier molecular flexibility index (Phi) is 2.11. The lowest BCUT2D eigenvalue weighted by Crippen LogP contribution is -2.50. The molecule has 2 fully saturated rings. The summed E-state index contributed by atoms with van der Waals surface area (Å²) < 4.78 is 5.36. The molecule has 0 bridgehead atoms. The number of rotatable bonds is 2. The third kappa shape index (κ3) is 1.55. The van der Waals surface area contributed by atoms with Gasteiger partial charge >= 0.3 is 0 Å². The standard InChI is InChI=1S/C8H16N2O/c9-5-8-6-11-4-3-10(8)7-1-2-7/h7-8H,1-6,9H2. The molecule has 2 aliphatic rings. The van der Waals surface area contributed by atoms with Crippen molar-refractivity contribution in [3.63, 3.8) is 0 Å². The Morgan fingerprint density at radius 2 is 2.27 bits per heavy atom. The molecule has 0 aromatic carbocycles. The molecule has 0 aromatic rings. The topological polar surface area (TPSA) is 38.5 Å². The Labute approximate surface area is 67.5 Å². The van der Waals surface area contributed by atoms with Crippen LogP contribution in [0.4, 0.5) is 0 Å². The normalized spacial score (nSPS) is 34.1. The Bertz CT molecular complexity index is 136. The Morgan fingerprint density at radius 1 is 1.45 bits per heavy atom. The fourth-order valence-electron chi connectivity index (χ4n) is 1.76. The van der Waals surface area contributed by atoms with E-state index in [1.165, 1.54) is 12.8 Å². The molecule has 1 saturated heterocycles. The largest absolute Gasteiger partial charge is 0.378 e. The van der Waals surface area contributed by atoms with Crippen molar-refractivity contribution in [1.29, 1.82) is 0 Å². The van der Waals surface area contributed by atoms with E-state index in [9.17, 15) is 0 Å². The minimum atomic E-state index is 0.497. The van der Waals surface area contributed by atoms with Gasteiger partial charge in [-0.15, -0.1) is 0 Å². The average molecular weight is 156 g/mol. The Balaban J connectivity index is 1.91. The first kappa shape index (κ1) is 7.53. The quantitative estimate of drug-likeness (QED) is 0.602. The van der Waals surface area contributed by atoms with E-state index in [-0.39, 0.29) is 0 Å². The summed E-state index contributed by atoms with van der Waals surface area (Å²) in [6, 6.07) is 1.34. The van der Waals surface area contributed by atoms with Gasteiger partial charge in [0.05, 0.1) is 13.2 Å². The molecule has 0 radical (unpaired) electrons. The molecule has 3 nitrogen and oxygen atoms in total. The maximum absolute atomic E-state index is 5.64. The molecular weight excluding hydrogens is 140 g/mol. The van der Waals surface area contributed by atoms with Gasteiger partial charge in [-0.05, 0) is 12.8 Å². The first-order valence-electron chi connectivity index (χ1n) is 4.45. The van der Waals surface area contributed by atoms with Crippen molar-refractivity contribution in [2.24, 2.45) is 5.73 Å². The number of ether oxygens (including phenoxy) is 1. The minimum Gasteiger partial charge on any atom is -0.378 e. The highest BCUT2D eigenvalue weighted by atomic mass is 16.5. The number of nitrogens with zero attached hydrogens (tertiary/aromatic N) is 1. The van der Waals surface area contributed by atoms with Gasteiger partial charge in [0.2, 0.25) is 0 Å². The predicted octanol–water partition coefficient (Wildman–Crippen LogP) is -0.192. The zero-order valence-electron chi connectivity index (χ0n) is 6.83. The molecule has 2 N–H and O–H groups in total. The fraction of sp³-hybridized carbons (Fsp3) is 1.00. The second kappa shape index (κ2) is 3.09. The predicted molar refractivity (Wildman–Crippen MR) is 43.4 cm³/mol. The summed E-state index contributed by atoms with van der Waals surface area (Å²) in [5.74, 6) is 0. The lowest BCUT2D eigenvalue weighted by molar-refractivity contribution is -0.00806. The summed E-state index contributed by atoms with van der Waals surface area (Å²) >= 11 is 0. The first-order chi connectivity index (χ1) is 5.42. The molecule has 64 valence electrons. The van der Waals surface area contributed by atoms with E-state index >= 15 is 0 Å². The molecule has 1 unspecified atom stereocenters. The summed E-state index contributed by atoms with van der Waals surface area (Å²) in [5.41, 5.74) is 5.64. The molecule has 0 amide bonds. The minimum absolute atomic E-state index is 0.497. The fourth-order valence-corrected chi connectivity index (χ4v) is 1.76. The molecule has 3 heteroatoms. The SMILES string of the molecule is NCC1COCCN1C1CC1. The molecule has 0 spiro atoms. The molecule has 2 rings (SSSR count). The molecular formula is C8H16N2O. The van der Waals surface area contributed by atoms with E-state index in [4.69, 9.17) is 10.5 Å². The van der Waals surface area contributed by atoms with E-state index in [1.807, 2.05) is 0 Å². The van der Waals surface area contributed by atoms with Gasteiger partial charge in [0.1, 0.15) is 0 Å². The molecule has 1 aliphatic heterocycles. The van der Waals surface area contributed by atoms with E-state index < -0.39 is 0 Å². The maximum Gasteiger partial charge on any atom is 0.0634 e. The lowest BCUT2D eigenvalue weighted by atomic mass is 10.2. The second-order valence-corrected chi connectivity index (χ2v) is 3.43. The van der Waals surface area contributed by atoms with Gasteiger partial charge in [-0.3, -0.25) is 4.90 Å². The zero-order valence-corrected chi connectivity index (χ0v) is 6.83. The van der Waals surface area contributed by atoms with Crippen LogP contribution in [0.3, 0.4) is 0 Å². The van der Waals surface area contributed by atoms with Crippen LogP contribution in [0.25, 0.3) is 0 Å². The van der Waals surface area contributed by atoms with E-state index in [1.54, 1.807) is 0 Å². The van der Waals surface area contributed by atoms with Crippen molar-refractivity contribution in [2.75, 3.05) is 26.3 Å². The molecule has 1 aliphatic carbocycles. The van der Waals surface area contributed by atoms with Crippen molar-refractivity contribution < 1.29 is 4.74 Å². The van der Waals surface area contributed by atoms with Gasteiger partial charge in [0.15, 0.2) is 0 Å². The number of nitrogens with two attached hydrogens (primary N) is 1. The molecule has 0 aromatic heterocycles. The van der Waals surface area contributed by atoms with Crippen LogP contribution in [0.2, 0.25) is 0 Å². The molecule has 1 heterocycles. The van der Waals surface area contributed by atoms with Crippen LogP contribution >= 0.6 is 0 Å². The summed E-state index contributed by atoms with van der Waals surface area (Å²) in [6.07, 6.45) is 2.74. The average Bonchev–Trinajstić information content (AvgIpc) is 2.87. The first-order valence-corrected chi connectivity index (χ1v) is 4.45. The van der Waals surface area contributed by atoms with Gasteiger partial charge in [-0.1, -0.05) is 0 Å². The second-order valence-electron chi connectivity index (χ2n) is 3.43. The summed E-state index contributed by atoms with van der Waals surface area (Å²) in [6.45, 7) is 3.57. The number of hydrogen-bond donors (Lipinski definition) is 1. The van der Waals surface area contributed by atoms with Crippen LogP contribution in [0.1, 0.15) is 12.8 Å². The van der Waals surface area contributed by atoms with Crippen LogP contribution in [0, 0.1) is 0 Å². The highest BCUT2D eigenvalue weighted by Crippen LogP contribution is 2.29. The number of morpholine rings is 1. The smallest absolute Gasteiger partial charge is 0.0634 e. The summed E-state index contributed by atoms with van der Waals surface area (Å²) in [4.78, 5) is 2.52. The van der Waals surface area contributed by atoms with Crippen LogP contribution in [0.15, 0.2) is 0 Å². The van der Waals surface area contributed by atoms with Crippen LogP contribution in [0.5, 0.6) is 0 Å². The van der Waals surface area contributed by atoms with Gasteiger partial charge in [0, 0.05) is 25.2 Å². The zero-order chi connectivity index (χ0) is 7.68. The van der Waals surface area contributed by atoms with Gasteiger partial charge < -0.3 is 10.5 Å². The highest BCUT2D eigenvalue weighted by molar-refractivity contribution is 4.90. The van der Waals surface area contributed by atoms with Crippen molar-refractivity contribution in [3.05, 3.63) is 0 Å². The van der Waals surface area contributed by atoms with E-state index in [0.717, 1.165) is 32.3 Å². The van der Waals surface area contributed by atoms with Crippen LogP contribution in [-0.2, 0) is 4.74 Å². The summed E-state index contributed by atoms with van der Waals surface area (Å²) in [5, 5.41) is 0. The third-order valence-electron chi connectivity index (χ3n) is 2.56. The lowest BCUT2D eigenvalue weighted by Gasteiger charge is -2.34. The van der Waals surface area contributed by atoms with Crippen LogP contribution in [-0.4, -0.2) is 43.3 Å². The molecule has 1 atom stereocenters. The maximum atomic E-state index is 5.64. The molecule has 11 heavy (non-hydrogen) atoms. The Hall–Kier alpha value is -0.120. The third-order valence-corrected chi connectivity index (χ3v) is 2.56. The van der Waals surface area contributed by atoms with Gasteiger partial charge in [-0.25, -0.2) is 0 Å². The van der Waals surface area contributed by atoms with E-state index in [0.29, 0.717) is 6.04 Å². The summed E-state index contributed by atoms with van der Waals surface area (Å²) in [7, 11) is 0. The Morgan fingerprint density at radius 3 is 2.91 bits per heavy atom. The monoisotopic (exact) mass is 156 g/mol. The van der Waals surface area contributed by atoms with Crippen molar-refractivity contribution in [2.45, 2.75) is 24.9 Å². The van der Waals surface area contributed by atoms with Crippen molar-refractivity contribution >= 4 is 0 Å². The van der Waals surface area contributed by atoms with Crippen molar-refractivity contribution in [1.82, 2.24) is 4.90 Å². The van der Waals surface area contributed by atoms with Gasteiger partial charge in [0.25, 0.3) is 0 Å². The van der Waals surface area contributed by atoms with Gasteiger partial charge in [-0.2, -0.15) is 0 Å². The molecule has 1 saturated carbocycles. The van der Waals surface area contributed by atoms with E-state index in [2.05, 4.69) is 4.90 Å². The van der Waals surface area contributed by atoms with Crippen molar-refractivity contribution in [3.8, 4) is 0 Å². The highest BCUT2D eigenvalue weighted by Gasteiger charge is 2.34. The van der Waals surface area contributed by atoms with Crippen LogP contribution < -0.4 is 5.73 Å². The number of hydrogen-bond acceptors (Lipinski definition) is 3.